The van der Waals surface area contributed by atoms with Gasteiger partial charge in [-0.3, -0.25) is 0 Å². The zero-order chi connectivity index (χ0) is 14.9. The van der Waals surface area contributed by atoms with Crippen LogP contribution >= 0.6 is 11.6 Å². The number of aromatic carboxylic acids is 1. The molecule has 0 unspecified atom stereocenters. The number of carbonyl (C=O) groups is 1. The van der Waals surface area contributed by atoms with Crippen molar-refractivity contribution in [2.24, 2.45) is 5.92 Å². The van der Waals surface area contributed by atoms with Crippen LogP contribution < -0.4 is 4.72 Å². The number of benzene rings is 1. The van der Waals surface area contributed by atoms with Crippen LogP contribution in [0.2, 0.25) is 5.02 Å². The lowest BCUT2D eigenvalue weighted by atomic mass is 9.83. The van der Waals surface area contributed by atoms with Gasteiger partial charge in [-0.2, -0.15) is 0 Å². The molecule has 1 aromatic carbocycles. The van der Waals surface area contributed by atoms with Crippen LogP contribution in [0.15, 0.2) is 23.1 Å². The molecule has 1 saturated carbocycles. The van der Waals surface area contributed by atoms with E-state index in [0.717, 1.165) is 6.07 Å². The van der Waals surface area contributed by atoms with Crippen molar-refractivity contribution in [3.63, 3.8) is 0 Å². The molecule has 8 heteroatoms. The normalized spacial score (nSPS) is 22.3. The summed E-state index contributed by atoms with van der Waals surface area (Å²) in [6.45, 7) is 0.227. The van der Waals surface area contributed by atoms with Gasteiger partial charge in [0.2, 0.25) is 10.0 Å². The summed E-state index contributed by atoms with van der Waals surface area (Å²) in [5.74, 6) is -1.17. The minimum Gasteiger partial charge on any atom is -0.478 e. The minimum atomic E-state index is -3.78. The largest absolute Gasteiger partial charge is 0.478 e. The second-order valence-corrected chi connectivity index (χ2v) is 6.96. The average molecular weight is 320 g/mol. The van der Waals surface area contributed by atoms with Gasteiger partial charge in [0, 0.05) is 6.54 Å². The molecule has 110 valence electrons. The monoisotopic (exact) mass is 319 g/mol. The van der Waals surface area contributed by atoms with Crippen molar-refractivity contribution < 1.29 is 23.4 Å². The molecule has 0 aromatic heterocycles. The molecule has 0 spiro atoms. The molecule has 3 N–H and O–H groups in total. The van der Waals surface area contributed by atoms with Crippen molar-refractivity contribution in [2.45, 2.75) is 23.8 Å². The van der Waals surface area contributed by atoms with Gasteiger partial charge in [0.05, 0.1) is 21.6 Å². The van der Waals surface area contributed by atoms with E-state index in [0.29, 0.717) is 12.8 Å². The van der Waals surface area contributed by atoms with E-state index in [1.807, 2.05) is 0 Å². The summed E-state index contributed by atoms with van der Waals surface area (Å²) in [6, 6.07) is 3.53. The minimum absolute atomic E-state index is 0.0152. The molecule has 0 bridgehead atoms. The van der Waals surface area contributed by atoms with Crippen molar-refractivity contribution >= 4 is 27.6 Å². The number of hydrogen-bond donors (Lipinski definition) is 3. The number of aliphatic hydroxyl groups is 1. The number of sulfonamides is 1. The predicted octanol–water partition coefficient (Wildman–Crippen LogP) is 1.09. The number of halogens is 1. The zero-order valence-electron chi connectivity index (χ0n) is 10.4. The van der Waals surface area contributed by atoms with Crippen molar-refractivity contribution in [3.8, 4) is 0 Å². The van der Waals surface area contributed by atoms with Crippen LogP contribution in [0.25, 0.3) is 0 Å². The van der Waals surface area contributed by atoms with Crippen molar-refractivity contribution in [1.82, 2.24) is 4.72 Å². The molecule has 6 nitrogen and oxygen atoms in total. The van der Waals surface area contributed by atoms with Crippen LogP contribution in [0.4, 0.5) is 0 Å². The first-order chi connectivity index (χ1) is 9.29. The molecule has 1 aliphatic rings. The smallest absolute Gasteiger partial charge is 0.337 e. The van der Waals surface area contributed by atoms with Crippen LogP contribution in [0.3, 0.4) is 0 Å². The number of nitrogens with one attached hydrogen (secondary N) is 1. The number of carboxylic acids is 1. The summed E-state index contributed by atoms with van der Waals surface area (Å²) < 4.78 is 26.5. The fourth-order valence-corrected chi connectivity index (χ4v) is 3.35. The lowest BCUT2D eigenvalue weighted by Gasteiger charge is -2.31. The van der Waals surface area contributed by atoms with Gasteiger partial charge >= 0.3 is 5.97 Å². The molecular weight excluding hydrogens is 306 g/mol. The number of hydrogen-bond acceptors (Lipinski definition) is 4. The van der Waals surface area contributed by atoms with Gasteiger partial charge in [-0.05, 0) is 37.0 Å². The van der Waals surface area contributed by atoms with Crippen molar-refractivity contribution in [3.05, 3.63) is 28.8 Å². The summed E-state index contributed by atoms with van der Waals surface area (Å²) in [4.78, 5) is 10.8. The quantitative estimate of drug-likeness (QED) is 0.753. The van der Waals surface area contributed by atoms with Gasteiger partial charge < -0.3 is 10.2 Å². The van der Waals surface area contributed by atoms with E-state index in [1.54, 1.807) is 0 Å². The number of aliphatic hydroxyl groups excluding tert-OH is 1. The summed E-state index contributed by atoms with van der Waals surface area (Å²) in [6.07, 6.45) is 0.797. The highest BCUT2D eigenvalue weighted by Gasteiger charge is 2.28. The SMILES string of the molecule is O=C(O)c1cc(S(=O)(=O)NCC2CC(O)C2)ccc1Cl. The molecule has 0 aliphatic heterocycles. The van der Waals surface area contributed by atoms with E-state index in [9.17, 15) is 13.2 Å². The van der Waals surface area contributed by atoms with E-state index >= 15 is 0 Å². The van der Waals surface area contributed by atoms with E-state index < -0.39 is 16.0 Å². The van der Waals surface area contributed by atoms with E-state index in [2.05, 4.69) is 4.72 Å². The number of rotatable bonds is 5. The molecule has 0 radical (unpaired) electrons. The van der Waals surface area contributed by atoms with E-state index in [1.165, 1.54) is 12.1 Å². The summed E-state index contributed by atoms with van der Waals surface area (Å²) in [7, 11) is -3.78. The summed E-state index contributed by atoms with van der Waals surface area (Å²) >= 11 is 5.69. The van der Waals surface area contributed by atoms with Crippen LogP contribution in [-0.2, 0) is 10.0 Å². The summed E-state index contributed by atoms with van der Waals surface area (Å²) in [5, 5.41) is 18.0. The summed E-state index contributed by atoms with van der Waals surface area (Å²) in [5.41, 5.74) is -0.256. The maximum Gasteiger partial charge on any atom is 0.337 e. The Labute approximate surface area is 121 Å². The van der Waals surface area contributed by atoms with E-state index in [4.69, 9.17) is 21.8 Å². The van der Waals surface area contributed by atoms with Gasteiger partial charge in [-0.1, -0.05) is 11.6 Å². The molecular formula is C12H14ClNO5S. The average Bonchev–Trinajstić information content (AvgIpc) is 2.33. The van der Waals surface area contributed by atoms with Gasteiger partial charge in [0.15, 0.2) is 0 Å². The van der Waals surface area contributed by atoms with Gasteiger partial charge in [-0.15, -0.1) is 0 Å². The Balaban J connectivity index is 2.12. The fraction of sp³-hybridized carbons (Fsp3) is 0.417. The molecule has 20 heavy (non-hydrogen) atoms. The molecule has 0 amide bonds. The molecule has 2 rings (SSSR count). The Bertz CT molecular complexity index is 625. The van der Waals surface area contributed by atoms with Crippen LogP contribution in [-0.4, -0.2) is 37.2 Å². The Morgan fingerprint density at radius 2 is 2.05 bits per heavy atom. The first kappa shape index (κ1) is 15.2. The third kappa shape index (κ3) is 3.29. The predicted molar refractivity (Wildman–Crippen MR) is 72.3 cm³/mol. The second kappa shape index (κ2) is 5.69. The Hall–Kier alpha value is -1.15. The third-order valence-electron chi connectivity index (χ3n) is 3.25. The molecule has 1 fully saturated rings. The maximum atomic E-state index is 12.0. The Morgan fingerprint density at radius 3 is 2.60 bits per heavy atom. The van der Waals surface area contributed by atoms with Crippen molar-refractivity contribution in [1.29, 1.82) is 0 Å². The standard InChI is InChI=1S/C12H14ClNO5S/c13-11-2-1-9(5-10(11)12(16)17)20(18,19)14-6-7-3-8(15)4-7/h1-2,5,7-8,14-15H,3-4,6H2,(H,16,17). The topological polar surface area (TPSA) is 104 Å². The fourth-order valence-electron chi connectivity index (χ4n) is 2.01. The highest BCUT2D eigenvalue weighted by Crippen LogP contribution is 2.27. The Morgan fingerprint density at radius 1 is 1.40 bits per heavy atom. The lowest BCUT2D eigenvalue weighted by molar-refractivity contribution is 0.0453. The molecule has 1 aliphatic carbocycles. The highest BCUT2D eigenvalue weighted by atomic mass is 35.5. The Kier molecular flexibility index (Phi) is 4.33. The maximum absolute atomic E-state index is 12.0. The number of carboxylic acid groups (broad SMARTS) is 1. The third-order valence-corrected chi connectivity index (χ3v) is 5.00. The van der Waals surface area contributed by atoms with E-state index in [-0.39, 0.29) is 34.0 Å². The van der Waals surface area contributed by atoms with Crippen LogP contribution in [0.5, 0.6) is 0 Å². The molecule has 1 aromatic rings. The molecule has 0 saturated heterocycles. The first-order valence-electron chi connectivity index (χ1n) is 6.00. The van der Waals surface area contributed by atoms with Crippen molar-refractivity contribution in [2.75, 3.05) is 6.54 Å². The van der Waals surface area contributed by atoms with Gasteiger partial charge in [-0.25, -0.2) is 17.9 Å². The van der Waals surface area contributed by atoms with Gasteiger partial charge in [0.25, 0.3) is 0 Å². The molecule has 0 atom stereocenters. The van der Waals surface area contributed by atoms with Gasteiger partial charge in [0.1, 0.15) is 0 Å². The highest BCUT2D eigenvalue weighted by molar-refractivity contribution is 7.89. The van der Waals surface area contributed by atoms with Crippen LogP contribution in [0, 0.1) is 5.92 Å². The second-order valence-electron chi connectivity index (χ2n) is 4.79. The van der Waals surface area contributed by atoms with Crippen LogP contribution in [0.1, 0.15) is 23.2 Å². The lowest BCUT2D eigenvalue weighted by Crippen LogP contribution is -2.38. The molecule has 0 heterocycles. The first-order valence-corrected chi connectivity index (χ1v) is 7.86. The zero-order valence-corrected chi connectivity index (χ0v) is 12.0.